The fourth-order valence-electron chi connectivity index (χ4n) is 4.18. The van der Waals surface area contributed by atoms with Crippen LogP contribution < -0.4 is 15.4 Å². The molecule has 1 atom stereocenters. The van der Waals surface area contributed by atoms with Crippen LogP contribution in [0.15, 0.2) is 36.5 Å². The molecule has 2 N–H and O–H groups in total. The summed E-state index contributed by atoms with van der Waals surface area (Å²) in [5.74, 6) is 1.96. The minimum absolute atomic E-state index is 0.114. The lowest BCUT2D eigenvalue weighted by atomic mass is 9.98. The van der Waals surface area contributed by atoms with E-state index in [-0.39, 0.29) is 11.9 Å². The number of fused-ring (bicyclic) bond motifs is 1. The molecule has 1 aromatic heterocycles. The molecule has 0 unspecified atom stereocenters. The van der Waals surface area contributed by atoms with Gasteiger partial charge in [0.1, 0.15) is 16.6 Å². The Bertz CT molecular complexity index is 917. The molecule has 6 nitrogen and oxygen atoms in total. The summed E-state index contributed by atoms with van der Waals surface area (Å²) in [6, 6.07) is 10.1. The fourth-order valence-corrected chi connectivity index (χ4v) is 4.30. The van der Waals surface area contributed by atoms with E-state index in [1.165, 1.54) is 11.1 Å². The molecule has 172 valence electrons. The summed E-state index contributed by atoms with van der Waals surface area (Å²) in [6.07, 6.45) is 6.09. The first-order valence-electron chi connectivity index (χ1n) is 11.4. The largest absolute Gasteiger partial charge is 0.494 e. The molecule has 1 aliphatic carbocycles. The monoisotopic (exact) mass is 455 g/mol. The predicted octanol–water partition coefficient (Wildman–Crippen LogP) is 4.38. The van der Waals surface area contributed by atoms with E-state index in [9.17, 15) is 4.79 Å². The number of hydrogen-bond acceptors (Lipinski definition) is 6. The Hall–Kier alpha value is -2.67. The number of benzene rings is 1. The van der Waals surface area contributed by atoms with Gasteiger partial charge in [0.15, 0.2) is 0 Å². The minimum atomic E-state index is -0.114. The summed E-state index contributed by atoms with van der Waals surface area (Å²) in [5, 5.41) is 0. The van der Waals surface area contributed by atoms with Gasteiger partial charge in [-0.25, -0.2) is 4.98 Å². The van der Waals surface area contributed by atoms with Crippen molar-refractivity contribution in [2.75, 3.05) is 31.2 Å². The normalized spacial score (nSPS) is 14.6. The van der Waals surface area contributed by atoms with E-state index in [1.807, 2.05) is 25.1 Å². The average molecular weight is 456 g/mol. The number of nitrogens with zero attached hydrogens (tertiary/aromatic N) is 2. The van der Waals surface area contributed by atoms with Crippen LogP contribution in [0.2, 0.25) is 0 Å². The molecule has 1 aliphatic rings. The number of ether oxygens (including phenoxy) is 2. The van der Waals surface area contributed by atoms with Crippen molar-refractivity contribution in [3.63, 3.8) is 0 Å². The van der Waals surface area contributed by atoms with Gasteiger partial charge in [-0.1, -0.05) is 25.2 Å². The summed E-state index contributed by atoms with van der Waals surface area (Å²) in [7, 11) is 0. The van der Waals surface area contributed by atoms with Gasteiger partial charge in [0.2, 0.25) is 0 Å². The molecule has 0 bridgehead atoms. The standard InChI is InChI=1S/C25H33N3O3S/c1-3-12-28(23-11-8-20(17-27-23)25(26)32)13-5-14-31-21-9-10-22-18(15-21)6-7-19(22)16-24(29)30-4-2/h8-11,15,17,19H,3-7,12-14,16H2,1-2H3,(H2,26,32)/t19-/m0/s1. The molecule has 0 aliphatic heterocycles. The van der Waals surface area contributed by atoms with E-state index in [0.717, 1.165) is 55.9 Å². The summed E-state index contributed by atoms with van der Waals surface area (Å²) in [4.78, 5) is 19.0. The van der Waals surface area contributed by atoms with E-state index in [2.05, 4.69) is 28.9 Å². The molecule has 1 heterocycles. The number of aryl methyl sites for hydroxylation is 1. The van der Waals surface area contributed by atoms with Crippen LogP contribution >= 0.6 is 12.2 Å². The van der Waals surface area contributed by atoms with E-state index < -0.39 is 0 Å². The second-order valence-corrected chi connectivity index (χ2v) is 8.50. The van der Waals surface area contributed by atoms with Gasteiger partial charge in [0.25, 0.3) is 0 Å². The van der Waals surface area contributed by atoms with Gasteiger partial charge in [-0.3, -0.25) is 4.79 Å². The zero-order chi connectivity index (χ0) is 22.9. The Morgan fingerprint density at radius 1 is 1.25 bits per heavy atom. The predicted molar refractivity (Wildman–Crippen MR) is 131 cm³/mol. The topological polar surface area (TPSA) is 77.7 Å². The molecule has 0 radical (unpaired) electrons. The first kappa shape index (κ1) is 24.0. The number of hydrogen-bond donors (Lipinski definition) is 1. The number of aromatic nitrogens is 1. The van der Waals surface area contributed by atoms with Crippen LogP contribution in [0.3, 0.4) is 0 Å². The van der Waals surface area contributed by atoms with E-state index in [1.54, 1.807) is 6.20 Å². The lowest BCUT2D eigenvalue weighted by molar-refractivity contribution is -0.143. The molecule has 2 aromatic rings. The van der Waals surface area contributed by atoms with Gasteiger partial charge in [0, 0.05) is 24.8 Å². The Kier molecular flexibility index (Phi) is 8.85. The second kappa shape index (κ2) is 11.8. The Labute approximate surface area is 196 Å². The van der Waals surface area contributed by atoms with Gasteiger partial charge < -0.3 is 20.1 Å². The molecule has 0 saturated heterocycles. The van der Waals surface area contributed by atoms with Gasteiger partial charge >= 0.3 is 5.97 Å². The van der Waals surface area contributed by atoms with Crippen molar-refractivity contribution in [3.05, 3.63) is 53.2 Å². The Morgan fingerprint density at radius 2 is 2.09 bits per heavy atom. The van der Waals surface area contributed by atoms with Gasteiger partial charge in [-0.15, -0.1) is 0 Å². The summed E-state index contributed by atoms with van der Waals surface area (Å²) in [6.45, 7) is 6.86. The third kappa shape index (κ3) is 6.42. The summed E-state index contributed by atoms with van der Waals surface area (Å²) in [5.41, 5.74) is 8.99. The number of nitrogens with two attached hydrogens (primary N) is 1. The molecule has 32 heavy (non-hydrogen) atoms. The number of pyridine rings is 1. The number of esters is 1. The maximum absolute atomic E-state index is 11.8. The molecule has 0 fully saturated rings. The highest BCUT2D eigenvalue weighted by molar-refractivity contribution is 7.80. The van der Waals surface area contributed by atoms with Crippen LogP contribution in [0.25, 0.3) is 0 Å². The maximum Gasteiger partial charge on any atom is 0.306 e. The van der Waals surface area contributed by atoms with E-state index >= 15 is 0 Å². The van der Waals surface area contributed by atoms with Crippen LogP contribution in [-0.2, 0) is 16.0 Å². The number of rotatable bonds is 12. The van der Waals surface area contributed by atoms with Crippen LogP contribution in [0, 0.1) is 0 Å². The summed E-state index contributed by atoms with van der Waals surface area (Å²) < 4.78 is 11.1. The lowest BCUT2D eigenvalue weighted by Gasteiger charge is -2.23. The molecule has 0 saturated carbocycles. The van der Waals surface area contributed by atoms with Crippen molar-refractivity contribution < 1.29 is 14.3 Å². The first-order chi connectivity index (χ1) is 15.5. The van der Waals surface area contributed by atoms with Crippen LogP contribution in [0.1, 0.15) is 62.1 Å². The van der Waals surface area contributed by atoms with Crippen molar-refractivity contribution in [1.82, 2.24) is 4.98 Å². The molecule has 3 rings (SSSR count). The Morgan fingerprint density at radius 3 is 2.78 bits per heavy atom. The molecule has 0 spiro atoms. The van der Waals surface area contributed by atoms with Gasteiger partial charge in [-0.05, 0) is 73.9 Å². The fraction of sp³-hybridized carbons (Fsp3) is 0.480. The zero-order valence-electron chi connectivity index (χ0n) is 19.0. The number of carbonyl (C=O) groups excluding carboxylic acids is 1. The molecule has 0 amide bonds. The van der Waals surface area contributed by atoms with Crippen LogP contribution in [-0.4, -0.2) is 42.2 Å². The lowest BCUT2D eigenvalue weighted by Crippen LogP contribution is -2.27. The molecule has 1 aromatic carbocycles. The zero-order valence-corrected chi connectivity index (χ0v) is 19.8. The van der Waals surface area contributed by atoms with Crippen molar-refractivity contribution in [2.24, 2.45) is 5.73 Å². The van der Waals surface area contributed by atoms with Crippen LogP contribution in [0.4, 0.5) is 5.82 Å². The minimum Gasteiger partial charge on any atom is -0.494 e. The third-order valence-corrected chi connectivity index (χ3v) is 5.96. The smallest absolute Gasteiger partial charge is 0.306 e. The number of thiocarbonyl (C=S) groups is 1. The van der Waals surface area contributed by atoms with Crippen molar-refractivity contribution >= 4 is 29.0 Å². The third-order valence-electron chi connectivity index (χ3n) is 5.73. The number of carbonyl (C=O) groups is 1. The van der Waals surface area contributed by atoms with Gasteiger partial charge in [-0.2, -0.15) is 0 Å². The highest BCUT2D eigenvalue weighted by Crippen LogP contribution is 2.37. The first-order valence-corrected chi connectivity index (χ1v) is 11.8. The molecular weight excluding hydrogens is 422 g/mol. The van der Waals surface area contributed by atoms with E-state index in [0.29, 0.717) is 24.6 Å². The highest BCUT2D eigenvalue weighted by atomic mass is 32.1. The summed E-state index contributed by atoms with van der Waals surface area (Å²) >= 11 is 5.01. The van der Waals surface area contributed by atoms with Crippen molar-refractivity contribution in [2.45, 2.75) is 51.9 Å². The average Bonchev–Trinajstić information content (AvgIpc) is 3.18. The van der Waals surface area contributed by atoms with Crippen LogP contribution in [0.5, 0.6) is 5.75 Å². The molecule has 7 heteroatoms. The highest BCUT2D eigenvalue weighted by Gasteiger charge is 2.25. The molecular formula is C25H33N3O3S. The maximum atomic E-state index is 11.8. The Balaban J connectivity index is 1.50. The number of anilines is 1. The van der Waals surface area contributed by atoms with E-state index in [4.69, 9.17) is 27.4 Å². The van der Waals surface area contributed by atoms with Crippen molar-refractivity contribution in [1.29, 1.82) is 0 Å². The quantitative estimate of drug-likeness (QED) is 0.289. The second-order valence-electron chi connectivity index (χ2n) is 8.06. The SMILES string of the molecule is CCCN(CCCOc1ccc2c(c1)CC[C@H]2CC(=O)OCC)c1ccc(C(N)=S)cn1. The van der Waals surface area contributed by atoms with Gasteiger partial charge in [0.05, 0.1) is 19.6 Å². The van der Waals surface area contributed by atoms with Crippen molar-refractivity contribution in [3.8, 4) is 5.75 Å².